The normalized spacial score (nSPS) is 12.8. The average molecular weight is 277 g/mol. The van der Waals surface area contributed by atoms with Crippen molar-refractivity contribution in [2.45, 2.75) is 32.0 Å². The van der Waals surface area contributed by atoms with E-state index in [0.717, 1.165) is 16.2 Å². The molecule has 0 spiro atoms. The number of para-hydroxylation sites is 2. The minimum absolute atomic E-state index is 0.0478. The number of nitrogens with one attached hydrogen (secondary N) is 2. The Morgan fingerprint density at radius 1 is 1.37 bits per heavy atom. The number of hydrogen-bond acceptors (Lipinski definition) is 3. The molecule has 0 aliphatic heterocycles. The molecule has 2 N–H and O–H groups in total. The summed E-state index contributed by atoms with van der Waals surface area (Å²) in [7, 11) is 0. The van der Waals surface area contributed by atoms with Gasteiger partial charge in [-0.15, -0.1) is 0 Å². The number of carbonyl (C=O) groups is 1. The monoisotopic (exact) mass is 277 g/mol. The van der Waals surface area contributed by atoms with Gasteiger partial charge in [0.2, 0.25) is 5.91 Å². The molecule has 1 aromatic carbocycles. The smallest absolute Gasteiger partial charge is 0.230 e. The van der Waals surface area contributed by atoms with Crippen LogP contribution in [0.1, 0.15) is 20.8 Å². The number of rotatable bonds is 5. The molecule has 5 heteroatoms. The second-order valence-corrected chi connectivity index (χ2v) is 5.91. The molecule has 2 rings (SSSR count). The number of imidazole rings is 1. The predicted molar refractivity (Wildman–Crippen MR) is 79.3 cm³/mol. The van der Waals surface area contributed by atoms with Crippen LogP contribution in [0.3, 0.4) is 0 Å². The van der Waals surface area contributed by atoms with Crippen molar-refractivity contribution in [2.75, 3.05) is 5.75 Å². The summed E-state index contributed by atoms with van der Waals surface area (Å²) in [6.07, 6.45) is 0. The van der Waals surface area contributed by atoms with Crippen molar-refractivity contribution in [2.24, 2.45) is 5.92 Å². The van der Waals surface area contributed by atoms with Crippen molar-refractivity contribution >= 4 is 28.7 Å². The second-order valence-electron chi connectivity index (χ2n) is 4.95. The summed E-state index contributed by atoms with van der Waals surface area (Å²) in [6, 6.07) is 8.05. The van der Waals surface area contributed by atoms with Crippen molar-refractivity contribution in [1.82, 2.24) is 15.3 Å². The molecule has 0 aliphatic rings. The minimum atomic E-state index is 0.0478. The first-order valence-corrected chi connectivity index (χ1v) is 7.41. The number of fused-ring (bicyclic) bond motifs is 1. The topological polar surface area (TPSA) is 57.8 Å². The van der Waals surface area contributed by atoms with Gasteiger partial charge in [-0.2, -0.15) is 0 Å². The molecule has 0 fully saturated rings. The van der Waals surface area contributed by atoms with Gasteiger partial charge in [0, 0.05) is 6.04 Å². The van der Waals surface area contributed by atoms with Gasteiger partial charge in [0.15, 0.2) is 5.16 Å². The molecular weight excluding hydrogens is 258 g/mol. The van der Waals surface area contributed by atoms with E-state index in [0.29, 0.717) is 11.7 Å². The fourth-order valence-electron chi connectivity index (χ4n) is 1.59. The van der Waals surface area contributed by atoms with E-state index < -0.39 is 0 Å². The summed E-state index contributed by atoms with van der Waals surface area (Å²) in [5, 5.41) is 3.77. The number of H-pyrrole nitrogens is 1. The zero-order chi connectivity index (χ0) is 13.8. The summed E-state index contributed by atoms with van der Waals surface area (Å²) >= 11 is 1.43. The summed E-state index contributed by atoms with van der Waals surface area (Å²) < 4.78 is 0. The largest absolute Gasteiger partial charge is 0.353 e. The van der Waals surface area contributed by atoms with Crippen LogP contribution in [0.5, 0.6) is 0 Å². The van der Waals surface area contributed by atoms with Crippen LogP contribution in [0.4, 0.5) is 0 Å². The molecular formula is C14H19N3OS. The van der Waals surface area contributed by atoms with Gasteiger partial charge in [0.05, 0.1) is 16.8 Å². The van der Waals surface area contributed by atoms with Crippen LogP contribution >= 0.6 is 11.8 Å². The van der Waals surface area contributed by atoms with Crippen LogP contribution in [0.15, 0.2) is 29.4 Å². The Morgan fingerprint density at radius 3 is 2.79 bits per heavy atom. The van der Waals surface area contributed by atoms with E-state index in [1.165, 1.54) is 11.8 Å². The lowest BCUT2D eigenvalue weighted by molar-refractivity contribution is -0.119. The zero-order valence-electron chi connectivity index (χ0n) is 11.4. The Morgan fingerprint density at radius 2 is 2.11 bits per heavy atom. The third-order valence-corrected chi connectivity index (χ3v) is 3.97. The molecule has 0 radical (unpaired) electrons. The van der Waals surface area contributed by atoms with Crippen LogP contribution in [0, 0.1) is 5.92 Å². The van der Waals surface area contributed by atoms with Gasteiger partial charge >= 0.3 is 0 Å². The van der Waals surface area contributed by atoms with E-state index >= 15 is 0 Å². The molecule has 1 unspecified atom stereocenters. The zero-order valence-corrected chi connectivity index (χ0v) is 12.3. The highest BCUT2D eigenvalue weighted by atomic mass is 32.2. The van der Waals surface area contributed by atoms with Crippen LogP contribution < -0.4 is 5.32 Å². The first kappa shape index (κ1) is 13.9. The van der Waals surface area contributed by atoms with E-state index in [4.69, 9.17) is 0 Å². The maximum absolute atomic E-state index is 11.8. The molecule has 4 nitrogen and oxygen atoms in total. The number of amides is 1. The van der Waals surface area contributed by atoms with Crippen LogP contribution in [-0.2, 0) is 4.79 Å². The van der Waals surface area contributed by atoms with Crippen LogP contribution in [0.2, 0.25) is 0 Å². The van der Waals surface area contributed by atoms with Crippen molar-refractivity contribution in [1.29, 1.82) is 0 Å². The third-order valence-electron chi connectivity index (χ3n) is 3.10. The van der Waals surface area contributed by atoms with Crippen molar-refractivity contribution in [3.8, 4) is 0 Å². The number of benzene rings is 1. The molecule has 102 valence electrons. The highest BCUT2D eigenvalue weighted by Gasteiger charge is 2.11. The highest BCUT2D eigenvalue weighted by Crippen LogP contribution is 2.18. The highest BCUT2D eigenvalue weighted by molar-refractivity contribution is 7.99. The lowest BCUT2D eigenvalue weighted by atomic mass is 10.1. The maximum atomic E-state index is 11.8. The standard InChI is InChI=1S/C14H19N3OS/c1-9(2)10(3)15-13(18)8-19-14-16-11-6-4-5-7-12(11)17-14/h4-7,9-10H,8H2,1-3H3,(H,15,18)(H,16,17). The van der Waals surface area contributed by atoms with E-state index in [1.807, 2.05) is 31.2 Å². The van der Waals surface area contributed by atoms with Gasteiger partial charge in [-0.25, -0.2) is 4.98 Å². The number of hydrogen-bond donors (Lipinski definition) is 2. The van der Waals surface area contributed by atoms with Gasteiger partial charge in [0.1, 0.15) is 0 Å². The third kappa shape index (κ3) is 3.73. The number of carbonyl (C=O) groups excluding carboxylic acids is 1. The van der Waals surface area contributed by atoms with E-state index in [1.54, 1.807) is 0 Å². The first-order valence-electron chi connectivity index (χ1n) is 6.43. The lowest BCUT2D eigenvalue weighted by Crippen LogP contribution is -2.37. The summed E-state index contributed by atoms with van der Waals surface area (Å²) in [5.74, 6) is 0.878. The van der Waals surface area contributed by atoms with Gasteiger partial charge in [0.25, 0.3) is 0 Å². The Bertz CT molecular complexity index is 532. The molecule has 0 bridgehead atoms. The fraction of sp³-hybridized carbons (Fsp3) is 0.429. The van der Waals surface area contributed by atoms with Gasteiger partial charge < -0.3 is 10.3 Å². The van der Waals surface area contributed by atoms with Crippen LogP contribution in [-0.4, -0.2) is 27.7 Å². The Labute approximate surface area is 117 Å². The first-order chi connectivity index (χ1) is 9.06. The van der Waals surface area contributed by atoms with Gasteiger partial charge in [-0.05, 0) is 25.0 Å². The molecule has 1 aromatic heterocycles. The Kier molecular flexibility index (Phi) is 4.47. The summed E-state index contributed by atoms with van der Waals surface area (Å²) in [5.41, 5.74) is 1.93. The Balaban J connectivity index is 1.90. The van der Waals surface area contributed by atoms with E-state index in [2.05, 4.69) is 29.1 Å². The molecule has 1 amide bonds. The van der Waals surface area contributed by atoms with Crippen LogP contribution in [0.25, 0.3) is 11.0 Å². The van der Waals surface area contributed by atoms with Crippen molar-refractivity contribution < 1.29 is 4.79 Å². The molecule has 19 heavy (non-hydrogen) atoms. The number of aromatic amines is 1. The molecule has 0 saturated heterocycles. The number of aromatic nitrogens is 2. The average Bonchev–Trinajstić information content (AvgIpc) is 2.78. The molecule has 0 aliphatic carbocycles. The minimum Gasteiger partial charge on any atom is -0.353 e. The molecule has 2 aromatic rings. The Hall–Kier alpha value is -1.49. The quantitative estimate of drug-likeness (QED) is 0.826. The summed E-state index contributed by atoms with van der Waals surface area (Å²) in [6.45, 7) is 6.21. The molecule has 0 saturated carbocycles. The van der Waals surface area contributed by atoms with Crippen molar-refractivity contribution in [3.63, 3.8) is 0 Å². The maximum Gasteiger partial charge on any atom is 0.230 e. The number of nitrogens with zero attached hydrogens (tertiary/aromatic N) is 1. The SMILES string of the molecule is CC(C)C(C)NC(=O)CSc1nc2ccccc2[nH]1. The van der Waals surface area contributed by atoms with Gasteiger partial charge in [-0.3, -0.25) is 4.79 Å². The van der Waals surface area contributed by atoms with Crippen molar-refractivity contribution in [3.05, 3.63) is 24.3 Å². The van der Waals surface area contributed by atoms with E-state index in [-0.39, 0.29) is 11.9 Å². The molecule has 1 atom stereocenters. The second kappa shape index (κ2) is 6.10. The predicted octanol–water partition coefficient (Wildman–Crippen LogP) is 2.82. The summed E-state index contributed by atoms with van der Waals surface area (Å²) in [4.78, 5) is 19.4. The number of thioether (sulfide) groups is 1. The lowest BCUT2D eigenvalue weighted by Gasteiger charge is -2.16. The van der Waals surface area contributed by atoms with Gasteiger partial charge in [-0.1, -0.05) is 37.7 Å². The van der Waals surface area contributed by atoms with E-state index in [9.17, 15) is 4.79 Å². The fourth-order valence-corrected chi connectivity index (χ4v) is 2.29. The molecule has 1 heterocycles.